The van der Waals surface area contributed by atoms with Crippen molar-refractivity contribution in [1.29, 1.82) is 0 Å². The molecule has 3 aromatic rings. The fraction of sp³-hybridized carbons (Fsp3) is 0.115. The van der Waals surface area contributed by atoms with Crippen molar-refractivity contribution in [3.8, 4) is 17.2 Å². The summed E-state index contributed by atoms with van der Waals surface area (Å²) in [5.74, 6) is 1.34. The Morgan fingerprint density at radius 2 is 1.00 bits per heavy atom. The predicted molar refractivity (Wildman–Crippen MR) is 120 cm³/mol. The number of ether oxygens (including phenoxy) is 3. The van der Waals surface area contributed by atoms with Gasteiger partial charge in [0.15, 0.2) is 0 Å². The van der Waals surface area contributed by atoms with Crippen molar-refractivity contribution in [2.75, 3.05) is 6.79 Å². The zero-order valence-corrected chi connectivity index (χ0v) is 17.2. The van der Waals surface area contributed by atoms with Crippen LogP contribution in [0.3, 0.4) is 0 Å². The second-order valence-electron chi connectivity index (χ2n) is 6.93. The van der Waals surface area contributed by atoms with E-state index in [4.69, 9.17) is 14.2 Å². The molecular weight excluding hydrogens is 376 g/mol. The van der Waals surface area contributed by atoms with Gasteiger partial charge in [0.25, 0.3) is 0 Å². The largest absolute Gasteiger partial charge is 0.458 e. The lowest BCUT2D eigenvalue weighted by Gasteiger charge is -2.10. The Balaban J connectivity index is 1.50. The molecule has 0 aliphatic rings. The van der Waals surface area contributed by atoms with Crippen molar-refractivity contribution in [3.63, 3.8) is 0 Å². The minimum Gasteiger partial charge on any atom is -0.458 e. The van der Waals surface area contributed by atoms with Crippen molar-refractivity contribution in [2.45, 2.75) is 13.8 Å². The summed E-state index contributed by atoms with van der Waals surface area (Å²) in [7, 11) is 0. The van der Waals surface area contributed by atoms with Crippen molar-refractivity contribution in [1.82, 2.24) is 0 Å². The Morgan fingerprint density at radius 1 is 0.633 bits per heavy atom. The molecule has 30 heavy (non-hydrogen) atoms. The summed E-state index contributed by atoms with van der Waals surface area (Å²) in [6.07, 6.45) is 0. The van der Waals surface area contributed by atoms with Gasteiger partial charge in [-0.3, -0.25) is 0 Å². The third-order valence-electron chi connectivity index (χ3n) is 4.45. The highest BCUT2D eigenvalue weighted by atomic mass is 16.7. The van der Waals surface area contributed by atoms with Gasteiger partial charge in [-0.15, -0.1) is 0 Å². The molecule has 0 aliphatic heterocycles. The quantitative estimate of drug-likeness (QED) is 0.250. The molecule has 0 saturated carbocycles. The molecule has 0 radical (unpaired) electrons. The van der Waals surface area contributed by atoms with E-state index in [1.807, 2.05) is 50.2 Å². The van der Waals surface area contributed by atoms with Crippen LogP contribution in [0.5, 0.6) is 17.2 Å². The fourth-order valence-corrected chi connectivity index (χ4v) is 2.66. The summed E-state index contributed by atoms with van der Waals surface area (Å²) in [6, 6.07) is 21.6. The Labute approximate surface area is 177 Å². The molecule has 0 unspecified atom stereocenters. The fourth-order valence-electron chi connectivity index (χ4n) is 2.66. The van der Waals surface area contributed by atoms with Gasteiger partial charge >= 0.3 is 5.97 Å². The lowest BCUT2D eigenvalue weighted by atomic mass is 10.1. The van der Waals surface area contributed by atoms with Gasteiger partial charge < -0.3 is 14.2 Å². The Morgan fingerprint density at radius 3 is 1.47 bits per heavy atom. The number of carbonyl (C=O) groups is 1. The number of hydrogen-bond donors (Lipinski definition) is 0. The van der Waals surface area contributed by atoms with E-state index in [1.54, 1.807) is 36.4 Å². The molecule has 0 fully saturated rings. The molecule has 0 atom stereocenters. The lowest BCUT2D eigenvalue weighted by molar-refractivity contribution is 0.0734. The van der Waals surface area contributed by atoms with Gasteiger partial charge in [0, 0.05) is 0 Å². The molecule has 0 bridgehead atoms. The van der Waals surface area contributed by atoms with Crippen molar-refractivity contribution >= 4 is 17.1 Å². The highest BCUT2D eigenvalue weighted by molar-refractivity contribution is 5.91. The highest BCUT2D eigenvalue weighted by Gasteiger charge is 2.09. The molecule has 4 nitrogen and oxygen atoms in total. The van der Waals surface area contributed by atoms with Gasteiger partial charge in [0.05, 0.1) is 5.56 Å². The second kappa shape index (κ2) is 9.61. The monoisotopic (exact) mass is 400 g/mol. The molecule has 0 aromatic heterocycles. The molecular formula is C26H24O4. The van der Waals surface area contributed by atoms with E-state index in [0.717, 1.165) is 22.3 Å². The Hall–Kier alpha value is -3.79. The molecule has 0 N–H and O–H groups in total. The van der Waals surface area contributed by atoms with Gasteiger partial charge in [-0.05, 0) is 73.5 Å². The van der Waals surface area contributed by atoms with Crippen LogP contribution in [0.4, 0.5) is 0 Å². The van der Waals surface area contributed by atoms with Crippen LogP contribution in [-0.2, 0) is 0 Å². The molecule has 0 amide bonds. The highest BCUT2D eigenvalue weighted by Crippen LogP contribution is 2.21. The van der Waals surface area contributed by atoms with Gasteiger partial charge in [0.2, 0.25) is 6.79 Å². The van der Waals surface area contributed by atoms with E-state index in [1.165, 1.54) is 0 Å². The topological polar surface area (TPSA) is 44.8 Å². The molecule has 152 valence electrons. The van der Waals surface area contributed by atoms with Crippen LogP contribution in [0.25, 0.3) is 11.1 Å². The predicted octanol–water partition coefficient (Wildman–Crippen LogP) is 6.39. The summed E-state index contributed by atoms with van der Waals surface area (Å²) < 4.78 is 16.6. The number of esters is 1. The van der Waals surface area contributed by atoms with Gasteiger partial charge in [-0.1, -0.05) is 48.6 Å². The average molecular weight is 400 g/mol. The maximum atomic E-state index is 12.3. The van der Waals surface area contributed by atoms with Crippen LogP contribution in [0.15, 0.2) is 86.0 Å². The van der Waals surface area contributed by atoms with E-state index < -0.39 is 5.97 Å². The maximum Gasteiger partial charge on any atom is 0.343 e. The molecule has 0 aliphatic carbocycles. The van der Waals surface area contributed by atoms with Crippen LogP contribution in [0, 0.1) is 0 Å². The van der Waals surface area contributed by atoms with Crippen LogP contribution in [0.1, 0.15) is 35.3 Å². The molecule has 3 aromatic carbocycles. The first kappa shape index (κ1) is 20.9. The summed E-state index contributed by atoms with van der Waals surface area (Å²) in [6.45, 7) is 11.7. The molecule has 0 saturated heterocycles. The maximum absolute atomic E-state index is 12.3. The molecule has 3 rings (SSSR count). The summed E-state index contributed by atoms with van der Waals surface area (Å²) in [4.78, 5) is 12.3. The first-order chi connectivity index (χ1) is 14.4. The van der Waals surface area contributed by atoms with Gasteiger partial charge in [0.1, 0.15) is 17.2 Å². The minimum absolute atomic E-state index is 0.0701. The third kappa shape index (κ3) is 5.61. The van der Waals surface area contributed by atoms with E-state index in [9.17, 15) is 4.79 Å². The number of allylic oxidation sites excluding steroid dienone is 2. The van der Waals surface area contributed by atoms with Crippen molar-refractivity contribution in [2.24, 2.45) is 0 Å². The molecule has 0 heterocycles. The summed E-state index contributed by atoms with van der Waals surface area (Å²) >= 11 is 0. The molecule has 0 spiro atoms. The normalized spacial score (nSPS) is 10.2. The first-order valence-corrected chi connectivity index (χ1v) is 9.52. The number of benzene rings is 3. The SMILES string of the molecule is C=C(C)c1ccc(OCOc2ccc(OC(=O)c3ccc(C(=C)C)cc3)cc2)cc1. The Bertz CT molecular complexity index is 1030. The van der Waals surface area contributed by atoms with Gasteiger partial charge in [-0.25, -0.2) is 4.79 Å². The van der Waals surface area contributed by atoms with E-state index >= 15 is 0 Å². The molecule has 4 heteroatoms. The zero-order chi connectivity index (χ0) is 21.5. The van der Waals surface area contributed by atoms with Crippen LogP contribution < -0.4 is 14.2 Å². The number of hydrogen-bond acceptors (Lipinski definition) is 4. The van der Waals surface area contributed by atoms with Crippen LogP contribution in [0.2, 0.25) is 0 Å². The third-order valence-corrected chi connectivity index (χ3v) is 4.45. The minimum atomic E-state index is -0.418. The Kier molecular flexibility index (Phi) is 6.71. The van der Waals surface area contributed by atoms with Crippen molar-refractivity contribution in [3.05, 3.63) is 103 Å². The smallest absolute Gasteiger partial charge is 0.343 e. The average Bonchev–Trinajstić information content (AvgIpc) is 2.75. The van der Waals surface area contributed by atoms with Crippen molar-refractivity contribution < 1.29 is 19.0 Å². The van der Waals surface area contributed by atoms with E-state index in [0.29, 0.717) is 22.8 Å². The number of rotatable bonds is 8. The van der Waals surface area contributed by atoms with Crippen LogP contribution >= 0.6 is 0 Å². The second-order valence-corrected chi connectivity index (χ2v) is 6.93. The van der Waals surface area contributed by atoms with E-state index in [2.05, 4.69) is 13.2 Å². The standard InChI is InChI=1S/C26H24O4/c1-18(2)20-5-7-22(8-6-20)26(27)30-25-15-13-24(14-16-25)29-17-28-23-11-9-21(10-12-23)19(3)4/h5-16H,1,3,17H2,2,4H3. The van der Waals surface area contributed by atoms with Crippen LogP contribution in [-0.4, -0.2) is 12.8 Å². The lowest BCUT2D eigenvalue weighted by Crippen LogP contribution is -2.08. The summed E-state index contributed by atoms with van der Waals surface area (Å²) in [5.41, 5.74) is 4.48. The number of carbonyl (C=O) groups excluding carboxylic acids is 1. The zero-order valence-electron chi connectivity index (χ0n) is 17.2. The van der Waals surface area contributed by atoms with Gasteiger partial charge in [-0.2, -0.15) is 0 Å². The van der Waals surface area contributed by atoms with E-state index in [-0.39, 0.29) is 6.79 Å². The summed E-state index contributed by atoms with van der Waals surface area (Å²) in [5, 5.41) is 0. The first-order valence-electron chi connectivity index (χ1n) is 9.52.